The van der Waals surface area contributed by atoms with Gasteiger partial charge in [0.05, 0.1) is 5.69 Å². The van der Waals surface area contributed by atoms with Crippen LogP contribution in [0.3, 0.4) is 0 Å². The van der Waals surface area contributed by atoms with Gasteiger partial charge in [0.25, 0.3) is 0 Å². The van der Waals surface area contributed by atoms with Crippen molar-refractivity contribution < 1.29 is 14.6 Å². The molecular formula is C12H9IN2O3. The van der Waals surface area contributed by atoms with E-state index in [-0.39, 0.29) is 11.3 Å². The van der Waals surface area contributed by atoms with Crippen LogP contribution in [0.5, 0.6) is 11.6 Å². The molecule has 2 rings (SSSR count). The summed E-state index contributed by atoms with van der Waals surface area (Å²) in [5, 5.41) is 9.12. The lowest BCUT2D eigenvalue weighted by atomic mass is 10.2. The molecule has 2 aromatic rings. The molecule has 0 aliphatic heterocycles. The van der Waals surface area contributed by atoms with Gasteiger partial charge in [-0.3, -0.25) is 4.98 Å². The lowest BCUT2D eigenvalue weighted by Crippen LogP contribution is -2.02. The first-order valence-electron chi connectivity index (χ1n) is 5.06. The molecule has 0 unspecified atom stereocenters. The lowest BCUT2D eigenvalue weighted by molar-refractivity contribution is 0.0694. The minimum absolute atomic E-state index is 0.104. The molecule has 1 N–H and O–H groups in total. The summed E-state index contributed by atoms with van der Waals surface area (Å²) in [7, 11) is 0. The van der Waals surface area contributed by atoms with E-state index in [9.17, 15) is 4.79 Å². The molecule has 1 aromatic carbocycles. The van der Waals surface area contributed by atoms with Crippen molar-refractivity contribution in [2.75, 3.05) is 0 Å². The van der Waals surface area contributed by atoms with Crippen molar-refractivity contribution in [3.05, 3.63) is 45.4 Å². The third-order valence-corrected chi connectivity index (χ3v) is 2.89. The Balaban J connectivity index is 2.41. The molecule has 0 bridgehead atoms. The van der Waals surface area contributed by atoms with Gasteiger partial charge in [0.2, 0.25) is 5.88 Å². The van der Waals surface area contributed by atoms with Gasteiger partial charge in [0.15, 0.2) is 0 Å². The van der Waals surface area contributed by atoms with E-state index in [1.165, 1.54) is 6.20 Å². The third-order valence-electron chi connectivity index (χ3n) is 2.21. The number of carbonyl (C=O) groups is 1. The van der Waals surface area contributed by atoms with Crippen molar-refractivity contribution >= 4 is 28.6 Å². The third kappa shape index (κ3) is 2.76. The fraction of sp³-hybridized carbons (Fsp3) is 0.0833. The number of nitrogens with zero attached hydrogens (tertiary/aromatic N) is 2. The summed E-state index contributed by atoms with van der Waals surface area (Å²) in [4.78, 5) is 19.2. The molecular weight excluding hydrogens is 347 g/mol. The van der Waals surface area contributed by atoms with E-state index in [4.69, 9.17) is 9.84 Å². The minimum atomic E-state index is -1.04. The van der Waals surface area contributed by atoms with Crippen LogP contribution in [0.2, 0.25) is 0 Å². The van der Waals surface area contributed by atoms with E-state index in [2.05, 4.69) is 9.97 Å². The van der Waals surface area contributed by atoms with E-state index in [0.717, 1.165) is 3.57 Å². The van der Waals surface area contributed by atoms with Crippen molar-refractivity contribution in [3.63, 3.8) is 0 Å². The van der Waals surface area contributed by atoms with Crippen molar-refractivity contribution in [3.8, 4) is 11.6 Å². The topological polar surface area (TPSA) is 72.3 Å². The maximum atomic E-state index is 11.1. The molecule has 0 saturated heterocycles. The Hall–Kier alpha value is -1.70. The molecule has 0 aliphatic carbocycles. The average Bonchev–Trinajstić information content (AvgIpc) is 2.34. The molecule has 0 saturated carbocycles. The molecule has 0 aliphatic rings. The van der Waals surface area contributed by atoms with Crippen LogP contribution in [0.4, 0.5) is 0 Å². The van der Waals surface area contributed by atoms with Crippen LogP contribution in [0, 0.1) is 10.5 Å². The SMILES string of the molecule is Cc1nccnc1Oc1ccc(I)cc1C(=O)O. The first-order valence-corrected chi connectivity index (χ1v) is 6.14. The number of benzene rings is 1. The van der Waals surface area contributed by atoms with Crippen LogP contribution >= 0.6 is 22.6 Å². The molecule has 1 aromatic heterocycles. The number of carboxylic acid groups (broad SMARTS) is 1. The normalized spacial score (nSPS) is 10.1. The fourth-order valence-corrected chi connectivity index (χ4v) is 1.85. The van der Waals surface area contributed by atoms with Gasteiger partial charge in [-0.15, -0.1) is 0 Å². The second kappa shape index (κ2) is 5.30. The Kier molecular flexibility index (Phi) is 3.75. The number of aryl methyl sites for hydroxylation is 1. The number of ether oxygens (including phenoxy) is 1. The summed E-state index contributed by atoms with van der Waals surface area (Å²) in [6, 6.07) is 4.93. The predicted molar refractivity (Wildman–Crippen MR) is 73.0 cm³/mol. The summed E-state index contributed by atoms with van der Waals surface area (Å²) < 4.78 is 6.33. The predicted octanol–water partition coefficient (Wildman–Crippen LogP) is 2.88. The first kappa shape index (κ1) is 12.7. The van der Waals surface area contributed by atoms with Gasteiger partial charge in [-0.2, -0.15) is 0 Å². The molecule has 0 radical (unpaired) electrons. The molecule has 92 valence electrons. The second-order valence-corrected chi connectivity index (χ2v) is 4.74. The quantitative estimate of drug-likeness (QED) is 0.857. The van der Waals surface area contributed by atoms with Gasteiger partial charge in [-0.05, 0) is 47.7 Å². The Bertz CT molecular complexity index is 602. The van der Waals surface area contributed by atoms with E-state index >= 15 is 0 Å². The molecule has 0 fully saturated rings. The van der Waals surface area contributed by atoms with Gasteiger partial charge in [-0.25, -0.2) is 9.78 Å². The largest absolute Gasteiger partial charge is 0.478 e. The van der Waals surface area contributed by atoms with Gasteiger partial charge < -0.3 is 9.84 Å². The zero-order valence-corrected chi connectivity index (χ0v) is 11.6. The number of hydrogen-bond donors (Lipinski definition) is 1. The highest BCUT2D eigenvalue weighted by molar-refractivity contribution is 14.1. The van der Waals surface area contributed by atoms with Gasteiger partial charge >= 0.3 is 5.97 Å². The molecule has 6 heteroatoms. The van der Waals surface area contributed by atoms with Crippen LogP contribution < -0.4 is 4.74 Å². The maximum Gasteiger partial charge on any atom is 0.339 e. The van der Waals surface area contributed by atoms with E-state index in [0.29, 0.717) is 11.6 Å². The minimum Gasteiger partial charge on any atom is -0.478 e. The molecule has 5 nitrogen and oxygen atoms in total. The van der Waals surface area contributed by atoms with Gasteiger partial charge in [0.1, 0.15) is 11.3 Å². The monoisotopic (exact) mass is 356 g/mol. The van der Waals surface area contributed by atoms with Crippen LogP contribution in [0.15, 0.2) is 30.6 Å². The molecule has 18 heavy (non-hydrogen) atoms. The highest BCUT2D eigenvalue weighted by Gasteiger charge is 2.14. The number of carboxylic acids is 1. The van der Waals surface area contributed by atoms with E-state index < -0.39 is 5.97 Å². The zero-order chi connectivity index (χ0) is 13.1. The highest BCUT2D eigenvalue weighted by atomic mass is 127. The number of hydrogen-bond acceptors (Lipinski definition) is 4. The fourth-order valence-electron chi connectivity index (χ4n) is 1.36. The van der Waals surface area contributed by atoms with Gasteiger partial charge in [-0.1, -0.05) is 0 Å². The number of aromatic carboxylic acids is 1. The Morgan fingerprint density at radius 3 is 2.72 bits per heavy atom. The number of rotatable bonds is 3. The van der Waals surface area contributed by atoms with Crippen molar-refractivity contribution in [1.29, 1.82) is 0 Å². The highest BCUT2D eigenvalue weighted by Crippen LogP contribution is 2.26. The average molecular weight is 356 g/mol. The Labute approximate surface area is 117 Å². The Morgan fingerprint density at radius 1 is 1.33 bits per heavy atom. The van der Waals surface area contributed by atoms with Crippen LogP contribution in [-0.2, 0) is 0 Å². The van der Waals surface area contributed by atoms with Crippen molar-refractivity contribution in [2.45, 2.75) is 6.92 Å². The summed E-state index contributed by atoms with van der Waals surface area (Å²) in [6.45, 7) is 1.75. The lowest BCUT2D eigenvalue weighted by Gasteiger charge is -2.09. The zero-order valence-electron chi connectivity index (χ0n) is 9.42. The van der Waals surface area contributed by atoms with Crippen LogP contribution in [0.25, 0.3) is 0 Å². The van der Waals surface area contributed by atoms with Crippen molar-refractivity contribution in [2.24, 2.45) is 0 Å². The molecule has 0 spiro atoms. The van der Waals surface area contributed by atoms with Crippen LogP contribution in [-0.4, -0.2) is 21.0 Å². The van der Waals surface area contributed by atoms with Gasteiger partial charge in [0, 0.05) is 16.0 Å². The number of halogens is 1. The second-order valence-electron chi connectivity index (χ2n) is 3.49. The maximum absolute atomic E-state index is 11.1. The molecule has 0 amide bonds. The summed E-state index contributed by atoms with van der Waals surface area (Å²) in [5.41, 5.74) is 0.708. The summed E-state index contributed by atoms with van der Waals surface area (Å²) in [5.74, 6) is -0.474. The molecule has 0 atom stereocenters. The molecule has 1 heterocycles. The smallest absolute Gasteiger partial charge is 0.339 e. The summed E-state index contributed by atoms with van der Waals surface area (Å²) in [6.07, 6.45) is 3.05. The summed E-state index contributed by atoms with van der Waals surface area (Å²) >= 11 is 2.05. The van der Waals surface area contributed by atoms with Crippen LogP contribution in [0.1, 0.15) is 16.1 Å². The van der Waals surface area contributed by atoms with E-state index in [1.54, 1.807) is 31.3 Å². The Morgan fingerprint density at radius 2 is 2.06 bits per heavy atom. The number of aromatic nitrogens is 2. The van der Waals surface area contributed by atoms with E-state index in [1.807, 2.05) is 22.6 Å². The first-order chi connectivity index (χ1) is 8.58. The van der Waals surface area contributed by atoms with Crippen molar-refractivity contribution in [1.82, 2.24) is 9.97 Å². The standard InChI is InChI=1S/C12H9IN2O3/c1-7-11(15-5-4-14-7)18-10-3-2-8(13)6-9(10)12(16)17/h2-6H,1H3,(H,16,17).